The molecule has 0 amide bonds. The smallest absolute Gasteiger partial charge is 0.0750 e. The molecule has 1 atom stereocenters. The molecular formula is C9H16O. The Labute approximate surface area is 62.8 Å². The molecule has 1 unspecified atom stereocenters. The molecule has 0 aromatic heterocycles. The second-order valence-corrected chi connectivity index (χ2v) is 2.98. The fraction of sp³-hybridized carbons (Fsp3) is 0.778. The summed E-state index contributed by atoms with van der Waals surface area (Å²) in [5.41, 5.74) is 1.27. The largest absolute Gasteiger partial charge is 0.389 e. The summed E-state index contributed by atoms with van der Waals surface area (Å²) < 4.78 is 0. The molecule has 0 spiro atoms. The van der Waals surface area contributed by atoms with Gasteiger partial charge in [0.25, 0.3) is 0 Å². The summed E-state index contributed by atoms with van der Waals surface area (Å²) in [6.07, 6.45) is 7.64. The summed E-state index contributed by atoms with van der Waals surface area (Å²) in [4.78, 5) is 0. The molecule has 1 N–H and O–H groups in total. The Balaban J connectivity index is 2.14. The highest BCUT2D eigenvalue weighted by Crippen LogP contribution is 2.23. The van der Waals surface area contributed by atoms with E-state index in [1.807, 2.05) is 0 Å². The minimum absolute atomic E-state index is 0.117. The molecule has 0 bridgehead atoms. The second-order valence-electron chi connectivity index (χ2n) is 2.98. The van der Waals surface area contributed by atoms with E-state index in [4.69, 9.17) is 0 Å². The predicted octanol–water partition coefficient (Wildman–Crippen LogP) is 2.26. The van der Waals surface area contributed by atoms with Crippen LogP contribution in [0.1, 0.15) is 39.0 Å². The number of unbranched alkanes of at least 4 members (excludes halogenated alkanes) is 1. The monoisotopic (exact) mass is 140 g/mol. The molecule has 1 nitrogen and oxygen atoms in total. The Morgan fingerprint density at radius 1 is 1.70 bits per heavy atom. The number of hydrogen-bond acceptors (Lipinski definition) is 1. The van der Waals surface area contributed by atoms with E-state index < -0.39 is 0 Å². The van der Waals surface area contributed by atoms with Crippen LogP contribution in [0.4, 0.5) is 0 Å². The average molecular weight is 140 g/mol. The van der Waals surface area contributed by atoms with E-state index in [1.165, 1.54) is 18.4 Å². The molecule has 0 fully saturated rings. The maximum Gasteiger partial charge on any atom is 0.0750 e. The third kappa shape index (κ3) is 1.84. The summed E-state index contributed by atoms with van der Waals surface area (Å²) in [5, 5.41) is 9.43. The Morgan fingerprint density at radius 2 is 2.40 bits per heavy atom. The molecule has 0 heterocycles. The Bertz CT molecular complexity index is 127. The van der Waals surface area contributed by atoms with Gasteiger partial charge in [-0.15, -0.1) is 0 Å². The Hall–Kier alpha value is -0.300. The number of allylic oxidation sites excluding steroid dienone is 1. The van der Waals surface area contributed by atoms with Crippen molar-refractivity contribution < 1.29 is 5.11 Å². The highest BCUT2D eigenvalue weighted by atomic mass is 16.3. The van der Waals surface area contributed by atoms with E-state index in [0.29, 0.717) is 0 Å². The Morgan fingerprint density at radius 3 is 2.80 bits per heavy atom. The maximum atomic E-state index is 9.43. The van der Waals surface area contributed by atoms with Crippen molar-refractivity contribution >= 4 is 0 Å². The average Bonchev–Trinajstić information content (AvgIpc) is 1.79. The van der Waals surface area contributed by atoms with Crippen molar-refractivity contribution in [1.29, 1.82) is 0 Å². The Kier molecular flexibility index (Phi) is 2.94. The van der Waals surface area contributed by atoms with Crippen LogP contribution in [0.5, 0.6) is 0 Å². The third-order valence-electron chi connectivity index (χ3n) is 2.10. The SMILES string of the molecule is CCCCC(O)C1=CCC1. The van der Waals surface area contributed by atoms with Crippen molar-refractivity contribution in [3.05, 3.63) is 11.6 Å². The molecule has 0 saturated carbocycles. The van der Waals surface area contributed by atoms with Gasteiger partial charge in [-0.05, 0) is 24.8 Å². The van der Waals surface area contributed by atoms with E-state index in [0.717, 1.165) is 19.3 Å². The van der Waals surface area contributed by atoms with Crippen LogP contribution in [0.3, 0.4) is 0 Å². The maximum absolute atomic E-state index is 9.43. The summed E-state index contributed by atoms with van der Waals surface area (Å²) >= 11 is 0. The second kappa shape index (κ2) is 3.77. The zero-order chi connectivity index (χ0) is 7.40. The minimum Gasteiger partial charge on any atom is -0.389 e. The van der Waals surface area contributed by atoms with E-state index in [9.17, 15) is 5.11 Å². The molecule has 1 aliphatic rings. The molecule has 1 heteroatoms. The molecular weight excluding hydrogens is 124 g/mol. The number of rotatable bonds is 4. The topological polar surface area (TPSA) is 20.2 Å². The zero-order valence-corrected chi connectivity index (χ0v) is 6.64. The molecule has 58 valence electrons. The van der Waals surface area contributed by atoms with Gasteiger partial charge in [0, 0.05) is 0 Å². The van der Waals surface area contributed by atoms with Gasteiger partial charge < -0.3 is 5.11 Å². The van der Waals surface area contributed by atoms with Crippen LogP contribution in [0.15, 0.2) is 11.6 Å². The van der Waals surface area contributed by atoms with Gasteiger partial charge in [-0.25, -0.2) is 0 Å². The standard InChI is InChI=1S/C9H16O/c1-2-3-7-9(10)8-5-4-6-8/h5,9-10H,2-4,6-7H2,1H3. The lowest BCUT2D eigenvalue weighted by Gasteiger charge is -2.20. The van der Waals surface area contributed by atoms with Crippen LogP contribution in [-0.4, -0.2) is 11.2 Å². The van der Waals surface area contributed by atoms with Gasteiger partial charge in [-0.1, -0.05) is 25.8 Å². The highest BCUT2D eigenvalue weighted by Gasteiger charge is 2.14. The lowest BCUT2D eigenvalue weighted by molar-refractivity contribution is 0.188. The van der Waals surface area contributed by atoms with Crippen molar-refractivity contribution in [2.24, 2.45) is 0 Å². The van der Waals surface area contributed by atoms with E-state index in [2.05, 4.69) is 13.0 Å². The molecule has 1 rings (SSSR count). The third-order valence-corrected chi connectivity index (χ3v) is 2.10. The van der Waals surface area contributed by atoms with Crippen LogP contribution >= 0.6 is 0 Å². The lowest BCUT2D eigenvalue weighted by Crippen LogP contribution is -2.14. The van der Waals surface area contributed by atoms with Crippen molar-refractivity contribution in [1.82, 2.24) is 0 Å². The van der Waals surface area contributed by atoms with Gasteiger partial charge in [0.1, 0.15) is 0 Å². The van der Waals surface area contributed by atoms with Crippen molar-refractivity contribution in [3.63, 3.8) is 0 Å². The molecule has 1 aliphatic carbocycles. The lowest BCUT2D eigenvalue weighted by atomic mass is 9.91. The van der Waals surface area contributed by atoms with Gasteiger partial charge in [0.15, 0.2) is 0 Å². The van der Waals surface area contributed by atoms with Gasteiger partial charge in [0.2, 0.25) is 0 Å². The van der Waals surface area contributed by atoms with Crippen molar-refractivity contribution in [2.75, 3.05) is 0 Å². The van der Waals surface area contributed by atoms with Gasteiger partial charge >= 0.3 is 0 Å². The molecule has 0 saturated heterocycles. The normalized spacial score (nSPS) is 19.6. The fourth-order valence-electron chi connectivity index (χ4n) is 1.20. The number of aliphatic hydroxyl groups excluding tert-OH is 1. The van der Waals surface area contributed by atoms with E-state index in [-0.39, 0.29) is 6.10 Å². The van der Waals surface area contributed by atoms with Crippen LogP contribution < -0.4 is 0 Å². The van der Waals surface area contributed by atoms with Gasteiger partial charge in [0.05, 0.1) is 6.10 Å². The number of aliphatic hydroxyl groups is 1. The summed E-state index contributed by atoms with van der Waals surface area (Å²) in [7, 11) is 0. The van der Waals surface area contributed by atoms with Gasteiger partial charge in [-0.2, -0.15) is 0 Å². The first-order valence-corrected chi connectivity index (χ1v) is 4.21. The first-order valence-electron chi connectivity index (χ1n) is 4.21. The zero-order valence-electron chi connectivity index (χ0n) is 6.64. The van der Waals surface area contributed by atoms with E-state index in [1.54, 1.807) is 0 Å². The first kappa shape index (κ1) is 7.80. The summed E-state index contributed by atoms with van der Waals surface area (Å²) in [5.74, 6) is 0. The van der Waals surface area contributed by atoms with Crippen LogP contribution in [0.2, 0.25) is 0 Å². The number of hydrogen-bond donors (Lipinski definition) is 1. The minimum atomic E-state index is -0.117. The molecule has 0 aromatic rings. The van der Waals surface area contributed by atoms with Gasteiger partial charge in [-0.3, -0.25) is 0 Å². The van der Waals surface area contributed by atoms with Crippen LogP contribution in [-0.2, 0) is 0 Å². The molecule has 0 aromatic carbocycles. The van der Waals surface area contributed by atoms with E-state index >= 15 is 0 Å². The van der Waals surface area contributed by atoms with Crippen LogP contribution in [0.25, 0.3) is 0 Å². The van der Waals surface area contributed by atoms with Crippen LogP contribution in [0, 0.1) is 0 Å². The molecule has 0 radical (unpaired) electrons. The predicted molar refractivity (Wildman–Crippen MR) is 42.8 cm³/mol. The van der Waals surface area contributed by atoms with Crippen molar-refractivity contribution in [3.8, 4) is 0 Å². The summed E-state index contributed by atoms with van der Waals surface area (Å²) in [6, 6.07) is 0. The van der Waals surface area contributed by atoms with Crippen molar-refractivity contribution in [2.45, 2.75) is 45.1 Å². The highest BCUT2D eigenvalue weighted by molar-refractivity contribution is 5.16. The first-order chi connectivity index (χ1) is 4.84. The quantitative estimate of drug-likeness (QED) is 0.594. The summed E-state index contributed by atoms with van der Waals surface area (Å²) in [6.45, 7) is 2.15. The fourth-order valence-corrected chi connectivity index (χ4v) is 1.20. The molecule has 10 heavy (non-hydrogen) atoms. The molecule has 0 aliphatic heterocycles.